The van der Waals surface area contributed by atoms with Crippen LogP contribution >= 0.6 is 0 Å². The Hall–Kier alpha value is -1.26. The van der Waals surface area contributed by atoms with Gasteiger partial charge in [-0.15, -0.1) is 0 Å². The molecule has 0 aliphatic carbocycles. The van der Waals surface area contributed by atoms with Crippen molar-refractivity contribution in [3.05, 3.63) is 23.8 Å². The van der Waals surface area contributed by atoms with Gasteiger partial charge in [0.25, 0.3) is 0 Å². The summed E-state index contributed by atoms with van der Waals surface area (Å²) in [6.07, 6.45) is -1.58. The highest BCUT2D eigenvalue weighted by molar-refractivity contribution is 5.37. The number of rotatable bonds is 3. The van der Waals surface area contributed by atoms with Gasteiger partial charge in [0.1, 0.15) is 11.5 Å². The fourth-order valence-electron chi connectivity index (χ4n) is 1.18. The summed E-state index contributed by atoms with van der Waals surface area (Å²) in [5.41, 5.74) is -3.33. The number of hydrogen-bond acceptors (Lipinski definition) is 4. The maximum Gasteiger partial charge on any atom is 0.119 e. The quantitative estimate of drug-likeness (QED) is 0.640. The van der Waals surface area contributed by atoms with Crippen molar-refractivity contribution < 1.29 is 27.7 Å². The van der Waals surface area contributed by atoms with E-state index < -0.39 is 38.7 Å². The Morgan fingerprint density at radius 3 is 2.31 bits per heavy atom. The van der Waals surface area contributed by atoms with Crippen LogP contribution in [0.5, 0.6) is 11.5 Å². The number of hydrogen-bond donors (Lipinski definition) is 4. The molecule has 4 nitrogen and oxygen atoms in total. The molecule has 1 aromatic rings. The number of phenols is 2. The fourth-order valence-corrected chi connectivity index (χ4v) is 1.18. The number of β-amino-alcohol motifs (C(OH)–C–C–N with tert-alkyl or cyclic N) is 1. The van der Waals surface area contributed by atoms with Gasteiger partial charge in [-0.3, -0.25) is 0 Å². The molecule has 0 radical (unpaired) electrons. The zero-order valence-corrected chi connectivity index (χ0v) is 8.36. The lowest BCUT2D eigenvalue weighted by Gasteiger charge is -2.23. The van der Waals surface area contributed by atoms with E-state index in [9.17, 15) is 15.3 Å². The topological polar surface area (TPSA) is 72.7 Å². The van der Waals surface area contributed by atoms with Crippen molar-refractivity contribution >= 4 is 0 Å². The first-order valence-electron chi connectivity index (χ1n) is 8.99. The van der Waals surface area contributed by atoms with Crippen LogP contribution in [0.15, 0.2) is 18.2 Å². The van der Waals surface area contributed by atoms with E-state index >= 15 is 0 Å². The number of aromatic hydroxyl groups is 2. The molecule has 1 atom stereocenters. The Kier molecular flexibility index (Phi) is 1.46. The highest BCUT2D eigenvalue weighted by Gasteiger charge is 2.14. The molecule has 0 heterocycles. The van der Waals surface area contributed by atoms with E-state index in [1.165, 1.54) is 0 Å². The van der Waals surface area contributed by atoms with E-state index in [4.69, 9.17) is 12.3 Å². The van der Waals surface area contributed by atoms with Gasteiger partial charge in [0, 0.05) is 30.5 Å². The summed E-state index contributed by atoms with van der Waals surface area (Å²) in [5, 5.41) is 30.9. The predicted molar refractivity (Wildman–Crippen MR) is 62.5 cm³/mol. The normalized spacial score (nSPS) is 24.4. The molecule has 1 unspecified atom stereocenters. The third-order valence-electron chi connectivity index (χ3n) is 1.87. The first-order chi connectivity index (χ1) is 11.0. The van der Waals surface area contributed by atoms with Crippen molar-refractivity contribution in [3.63, 3.8) is 0 Å². The average molecular weight is 234 g/mol. The van der Waals surface area contributed by atoms with E-state index in [0.717, 1.165) is 18.2 Å². The van der Waals surface area contributed by atoms with Gasteiger partial charge in [0.2, 0.25) is 0 Å². The molecule has 0 aliphatic rings. The molecular formula is C12H19NO3. The minimum Gasteiger partial charge on any atom is -0.508 e. The highest BCUT2D eigenvalue weighted by atomic mass is 16.3. The monoisotopic (exact) mass is 234 g/mol. The summed E-state index contributed by atoms with van der Waals surface area (Å²) in [7, 11) is 0. The summed E-state index contributed by atoms with van der Waals surface area (Å²) in [4.78, 5) is 0. The molecule has 0 amide bonds. The summed E-state index contributed by atoms with van der Waals surface area (Å²) < 4.78 is 67.1. The van der Waals surface area contributed by atoms with E-state index in [-0.39, 0.29) is 17.1 Å². The van der Waals surface area contributed by atoms with Crippen molar-refractivity contribution in [1.82, 2.24) is 5.32 Å². The van der Waals surface area contributed by atoms with Crippen LogP contribution in [0.2, 0.25) is 0 Å². The predicted octanol–water partition coefficient (Wildman–Crippen LogP) is 1.52. The lowest BCUT2D eigenvalue weighted by molar-refractivity contribution is 0.162. The van der Waals surface area contributed by atoms with Crippen LogP contribution in [0.3, 0.4) is 0 Å². The second-order valence-corrected chi connectivity index (χ2v) is 3.43. The Labute approximate surface area is 108 Å². The van der Waals surface area contributed by atoms with E-state index in [1.807, 2.05) is 5.32 Å². The summed E-state index contributed by atoms with van der Waals surface area (Å²) in [5.74, 6) is -0.773. The lowest BCUT2D eigenvalue weighted by atomic mass is 10.1. The second-order valence-electron chi connectivity index (χ2n) is 3.43. The molecule has 0 aliphatic heterocycles. The average Bonchev–Trinajstić information content (AvgIpc) is 2.32. The van der Waals surface area contributed by atoms with E-state index in [0.29, 0.717) is 0 Å². The van der Waals surface area contributed by atoms with Gasteiger partial charge in [0.15, 0.2) is 0 Å². The molecular weight excluding hydrogens is 206 g/mol. The third-order valence-corrected chi connectivity index (χ3v) is 1.87. The Morgan fingerprint density at radius 1 is 1.25 bits per heavy atom. The fraction of sp³-hybridized carbons (Fsp3) is 0.500. The molecule has 1 rings (SSSR count). The van der Waals surface area contributed by atoms with Crippen LogP contribution in [0, 0.1) is 0 Å². The first-order valence-corrected chi connectivity index (χ1v) is 4.49. The van der Waals surface area contributed by atoms with E-state index in [1.54, 1.807) is 0 Å². The maximum atomic E-state index is 10.1. The summed E-state index contributed by atoms with van der Waals surface area (Å²) in [6.45, 7) is -11.1. The molecule has 0 fully saturated rings. The van der Waals surface area contributed by atoms with Crippen molar-refractivity contribution in [2.45, 2.75) is 32.2 Å². The van der Waals surface area contributed by atoms with Gasteiger partial charge < -0.3 is 20.6 Å². The zero-order valence-electron chi connectivity index (χ0n) is 17.4. The van der Waals surface area contributed by atoms with Crippen LogP contribution in [0.1, 0.15) is 44.6 Å². The van der Waals surface area contributed by atoms with Crippen molar-refractivity contribution in [2.24, 2.45) is 0 Å². The summed E-state index contributed by atoms with van der Waals surface area (Å²) >= 11 is 0. The van der Waals surface area contributed by atoms with Gasteiger partial charge in [-0.2, -0.15) is 0 Å². The maximum absolute atomic E-state index is 10.1. The van der Waals surface area contributed by atoms with Crippen molar-refractivity contribution in [1.29, 1.82) is 0 Å². The molecule has 0 saturated heterocycles. The van der Waals surface area contributed by atoms with Gasteiger partial charge >= 0.3 is 0 Å². The van der Waals surface area contributed by atoms with Gasteiger partial charge in [-0.25, -0.2) is 0 Å². The first kappa shape index (κ1) is 4.94. The van der Waals surface area contributed by atoms with Crippen LogP contribution in [0.4, 0.5) is 0 Å². The molecule has 4 N–H and O–H groups in total. The largest absolute Gasteiger partial charge is 0.508 e. The lowest BCUT2D eigenvalue weighted by Crippen LogP contribution is -2.38. The Morgan fingerprint density at radius 2 is 1.81 bits per heavy atom. The molecule has 4 heteroatoms. The standard InChI is InChI=1S/C12H19NO3/c1-12(2,3)13-7-11(16)8-4-9(14)6-10(15)5-8/h4-6,11,13-16H,7H2,1-3H3/i1D3,2D3,3D3. The highest BCUT2D eigenvalue weighted by Crippen LogP contribution is 2.24. The smallest absolute Gasteiger partial charge is 0.119 e. The summed E-state index contributed by atoms with van der Waals surface area (Å²) in [6, 6.07) is 3.11. The number of aliphatic hydroxyl groups excluding tert-OH is 1. The molecule has 90 valence electrons. The number of phenolic OH excluding ortho intramolecular Hbond substituents is 2. The molecule has 16 heavy (non-hydrogen) atoms. The van der Waals surface area contributed by atoms with E-state index in [2.05, 4.69) is 0 Å². The number of aliphatic hydroxyl groups is 1. The van der Waals surface area contributed by atoms with Crippen LogP contribution < -0.4 is 5.32 Å². The SMILES string of the molecule is [2H]C([2H])([2H])C(NCC(O)c1cc(O)cc(O)c1)(C([2H])([2H])[2H])C([2H])([2H])[2H]. The van der Waals surface area contributed by atoms with Crippen LogP contribution in [0.25, 0.3) is 0 Å². The number of benzene rings is 1. The molecule has 0 aromatic heterocycles. The Balaban J connectivity index is 3.23. The molecule has 0 bridgehead atoms. The van der Waals surface area contributed by atoms with Crippen molar-refractivity contribution in [3.8, 4) is 11.5 Å². The van der Waals surface area contributed by atoms with Gasteiger partial charge in [0.05, 0.1) is 6.10 Å². The van der Waals surface area contributed by atoms with Gasteiger partial charge in [-0.05, 0) is 38.3 Å². The molecule has 1 aromatic carbocycles. The van der Waals surface area contributed by atoms with Crippen LogP contribution in [-0.2, 0) is 0 Å². The van der Waals surface area contributed by atoms with Crippen molar-refractivity contribution in [2.75, 3.05) is 6.54 Å². The van der Waals surface area contributed by atoms with Gasteiger partial charge in [-0.1, -0.05) is 0 Å². The van der Waals surface area contributed by atoms with Crippen LogP contribution in [-0.4, -0.2) is 27.4 Å². The second kappa shape index (κ2) is 4.72. The molecule has 0 saturated carbocycles. The number of nitrogens with one attached hydrogen (secondary N) is 1. The minimum atomic E-state index is -3.44. The Bertz CT molecular complexity index is 553. The zero-order chi connectivity index (χ0) is 19.8. The minimum absolute atomic E-state index is 0.0551. The third kappa shape index (κ3) is 4.08. The molecule has 0 spiro atoms.